The maximum absolute atomic E-state index is 14.3. The van der Waals surface area contributed by atoms with Crippen LogP contribution in [0.2, 0.25) is 0 Å². The normalized spacial score (nSPS) is 13.0. The number of aromatic amines is 2. The minimum Gasteiger partial charge on any atom is -0.370 e. The number of guanidine groups is 1. The molecule has 0 bridgehead atoms. The van der Waals surface area contributed by atoms with E-state index < -0.39 is 47.8 Å². The summed E-state index contributed by atoms with van der Waals surface area (Å²) in [5.41, 5.74) is 19.9. The number of primary amides is 1. The number of imidazole rings is 1. The number of H-pyrrole nitrogens is 2. The van der Waals surface area contributed by atoms with Crippen LogP contribution in [0.3, 0.4) is 0 Å². The van der Waals surface area contributed by atoms with Crippen molar-refractivity contribution in [3.05, 3.63) is 90.1 Å². The molecule has 0 saturated heterocycles. The quantitative estimate of drug-likeness (QED) is 0.0209. The van der Waals surface area contributed by atoms with Crippen molar-refractivity contribution >= 4 is 46.4 Å². The molecule has 16 nitrogen and oxygen atoms in total. The number of carbonyl (C=O) groups excluding carboxylic acids is 5. The molecule has 4 aromatic rings. The van der Waals surface area contributed by atoms with Crippen LogP contribution < -0.4 is 38.5 Å². The summed E-state index contributed by atoms with van der Waals surface area (Å²) >= 11 is 0. The second-order valence-corrected chi connectivity index (χ2v) is 16.0. The molecular formula is C46H67N11O5. The third kappa shape index (κ3) is 17.4. The van der Waals surface area contributed by atoms with Crippen molar-refractivity contribution in [1.29, 1.82) is 0 Å². The van der Waals surface area contributed by atoms with E-state index in [1.165, 1.54) is 51.3 Å². The number of aromatic nitrogens is 3. The molecule has 5 amide bonds. The van der Waals surface area contributed by atoms with Gasteiger partial charge in [0.05, 0.1) is 6.33 Å². The summed E-state index contributed by atoms with van der Waals surface area (Å²) in [5.74, 6) is -3.02. The molecule has 16 heteroatoms. The van der Waals surface area contributed by atoms with Gasteiger partial charge in [-0.15, -0.1) is 0 Å². The minimum atomic E-state index is -1.16. The first kappa shape index (κ1) is 48.5. The molecule has 336 valence electrons. The molecule has 0 spiro atoms. The van der Waals surface area contributed by atoms with Crippen LogP contribution in [0.15, 0.2) is 78.3 Å². The first-order chi connectivity index (χ1) is 30.0. The Labute approximate surface area is 364 Å². The third-order valence-corrected chi connectivity index (χ3v) is 10.9. The number of aliphatic imine (C=N–C) groups is 1. The molecule has 0 aliphatic heterocycles. The van der Waals surface area contributed by atoms with Gasteiger partial charge in [-0.1, -0.05) is 120 Å². The number of benzene rings is 2. The van der Waals surface area contributed by atoms with Gasteiger partial charge in [-0.3, -0.25) is 29.0 Å². The summed E-state index contributed by atoms with van der Waals surface area (Å²) in [4.78, 5) is 82.5. The molecule has 0 aliphatic carbocycles. The van der Waals surface area contributed by atoms with Crippen molar-refractivity contribution < 1.29 is 24.0 Å². The Bertz CT molecular complexity index is 2000. The Hall–Kier alpha value is -6.19. The number of unbranched alkanes of at least 4 members (excludes halogenated alkanes) is 10. The summed E-state index contributed by atoms with van der Waals surface area (Å²) in [7, 11) is 0. The van der Waals surface area contributed by atoms with E-state index in [4.69, 9.17) is 17.2 Å². The lowest BCUT2D eigenvalue weighted by atomic mass is 10.0. The van der Waals surface area contributed by atoms with Crippen molar-refractivity contribution in [2.24, 2.45) is 22.2 Å². The highest BCUT2D eigenvalue weighted by Gasteiger charge is 2.32. The second-order valence-electron chi connectivity index (χ2n) is 16.0. The van der Waals surface area contributed by atoms with Gasteiger partial charge in [-0.2, -0.15) is 0 Å². The van der Waals surface area contributed by atoms with Gasteiger partial charge < -0.3 is 48.4 Å². The van der Waals surface area contributed by atoms with Gasteiger partial charge in [0.25, 0.3) is 0 Å². The fourth-order valence-electron chi connectivity index (χ4n) is 7.43. The van der Waals surface area contributed by atoms with Crippen molar-refractivity contribution in [3.8, 4) is 0 Å². The summed E-state index contributed by atoms with van der Waals surface area (Å²) < 4.78 is 0. The van der Waals surface area contributed by atoms with Crippen LogP contribution in [0.5, 0.6) is 0 Å². The molecule has 2 heterocycles. The molecule has 4 atom stereocenters. The molecule has 2 aromatic carbocycles. The summed E-state index contributed by atoms with van der Waals surface area (Å²) in [6, 6.07) is 12.2. The molecule has 4 rings (SSSR count). The van der Waals surface area contributed by atoms with Crippen LogP contribution in [0.1, 0.15) is 114 Å². The molecule has 0 radical (unpaired) electrons. The van der Waals surface area contributed by atoms with Gasteiger partial charge >= 0.3 is 0 Å². The SMILES string of the molecule is CCCCCCCCCCCCCC(=O)N[C@@H](Cc1cnc[nH]1)C(=O)N[C@H](Cc1ccccc1)C(=O)N[C@@H](CCCN=C(N)N)C(=O)N[C@@H](Cc1c[nH]c2ccccc12)C(N)=O. The zero-order chi connectivity index (χ0) is 44.5. The number of nitrogens with zero attached hydrogens (tertiary/aromatic N) is 2. The second kappa shape index (κ2) is 26.9. The van der Waals surface area contributed by atoms with E-state index in [0.717, 1.165) is 41.3 Å². The topological polar surface area (TPSA) is 268 Å². The number of para-hydroxylation sites is 1. The van der Waals surface area contributed by atoms with Gasteiger partial charge in [-0.25, -0.2) is 4.98 Å². The lowest BCUT2D eigenvalue weighted by molar-refractivity contribution is -0.134. The number of hydrogen-bond acceptors (Lipinski definition) is 7. The number of fused-ring (bicyclic) bond motifs is 1. The highest BCUT2D eigenvalue weighted by molar-refractivity contribution is 5.96. The third-order valence-electron chi connectivity index (χ3n) is 10.9. The van der Waals surface area contributed by atoms with Gasteiger partial charge in [0.2, 0.25) is 29.5 Å². The van der Waals surface area contributed by atoms with E-state index in [0.29, 0.717) is 18.5 Å². The number of hydrogen-bond donors (Lipinski definition) is 9. The Morgan fingerprint density at radius 1 is 0.645 bits per heavy atom. The summed E-state index contributed by atoms with van der Waals surface area (Å²) in [6.07, 6.45) is 18.5. The molecule has 0 fully saturated rings. The Balaban J connectivity index is 1.45. The lowest BCUT2D eigenvalue weighted by Gasteiger charge is -2.26. The van der Waals surface area contributed by atoms with Crippen LogP contribution in [-0.2, 0) is 43.2 Å². The standard InChI is InChI=1S/C46H67N11O5/c1-2-3-4-5-6-7-8-9-10-11-15-24-41(58)54-40(28-34-30-50-31-53-34)45(62)57-39(26-32-19-13-12-14-20-32)44(61)55-37(23-18-25-51-46(48)49)43(60)56-38(42(47)59)27-33-29-52-36-22-17-16-21-35(33)36/h12-14,16-17,19-22,29-31,37-40,52H,2-11,15,18,23-28H2,1H3,(H2,47,59)(H,50,53)(H,54,58)(H,55,61)(H,56,60)(H,57,62)(H4,48,49,51)/t37-,38-,39+,40-/m0/s1. The first-order valence-electron chi connectivity index (χ1n) is 22.1. The molecule has 2 aromatic heterocycles. The molecular weight excluding hydrogens is 787 g/mol. The number of nitrogens with one attached hydrogen (secondary N) is 6. The molecule has 12 N–H and O–H groups in total. The average Bonchev–Trinajstić information content (AvgIpc) is 3.93. The smallest absolute Gasteiger partial charge is 0.243 e. The number of carbonyl (C=O) groups is 5. The van der Waals surface area contributed by atoms with Crippen molar-refractivity contribution in [2.45, 2.75) is 140 Å². The van der Waals surface area contributed by atoms with E-state index >= 15 is 0 Å². The average molecular weight is 854 g/mol. The molecule has 0 aliphatic rings. The Kier molecular flexibility index (Phi) is 21.0. The van der Waals surface area contributed by atoms with Crippen LogP contribution in [0.25, 0.3) is 10.9 Å². The van der Waals surface area contributed by atoms with E-state index in [1.54, 1.807) is 12.4 Å². The summed E-state index contributed by atoms with van der Waals surface area (Å²) in [5, 5.41) is 12.2. The monoisotopic (exact) mass is 854 g/mol. The van der Waals surface area contributed by atoms with E-state index in [-0.39, 0.29) is 50.5 Å². The molecule has 62 heavy (non-hydrogen) atoms. The Morgan fingerprint density at radius 3 is 1.89 bits per heavy atom. The van der Waals surface area contributed by atoms with Crippen LogP contribution in [0.4, 0.5) is 0 Å². The van der Waals surface area contributed by atoms with Crippen LogP contribution in [-0.4, -0.2) is 81.2 Å². The van der Waals surface area contributed by atoms with Gasteiger partial charge in [0, 0.05) is 61.2 Å². The van der Waals surface area contributed by atoms with Crippen LogP contribution >= 0.6 is 0 Å². The van der Waals surface area contributed by atoms with Gasteiger partial charge in [0.1, 0.15) is 24.2 Å². The minimum absolute atomic E-state index is 0.0781. The Morgan fingerprint density at radius 2 is 1.24 bits per heavy atom. The van der Waals surface area contributed by atoms with Gasteiger partial charge in [-0.05, 0) is 36.5 Å². The molecule has 0 unspecified atom stereocenters. The fraction of sp³-hybridized carbons (Fsp3) is 0.500. The summed E-state index contributed by atoms with van der Waals surface area (Å²) in [6.45, 7) is 2.40. The number of rotatable bonds is 30. The number of amides is 5. The molecule has 0 saturated carbocycles. The lowest BCUT2D eigenvalue weighted by Crippen LogP contribution is -2.59. The maximum atomic E-state index is 14.3. The predicted molar refractivity (Wildman–Crippen MR) is 242 cm³/mol. The highest BCUT2D eigenvalue weighted by atomic mass is 16.2. The van der Waals surface area contributed by atoms with E-state index in [9.17, 15) is 24.0 Å². The van der Waals surface area contributed by atoms with E-state index in [1.807, 2.05) is 54.6 Å². The fourth-order valence-corrected chi connectivity index (χ4v) is 7.43. The highest BCUT2D eigenvalue weighted by Crippen LogP contribution is 2.19. The van der Waals surface area contributed by atoms with Crippen molar-refractivity contribution in [2.75, 3.05) is 6.54 Å². The zero-order valence-corrected chi connectivity index (χ0v) is 36.1. The first-order valence-corrected chi connectivity index (χ1v) is 22.1. The van der Waals surface area contributed by atoms with E-state index in [2.05, 4.69) is 48.1 Å². The predicted octanol–water partition coefficient (Wildman–Crippen LogP) is 4.10. The van der Waals surface area contributed by atoms with Crippen molar-refractivity contribution in [3.63, 3.8) is 0 Å². The van der Waals surface area contributed by atoms with Crippen LogP contribution in [0, 0.1) is 0 Å². The van der Waals surface area contributed by atoms with Gasteiger partial charge in [0.15, 0.2) is 5.96 Å². The van der Waals surface area contributed by atoms with Crippen molar-refractivity contribution in [1.82, 2.24) is 36.2 Å². The largest absolute Gasteiger partial charge is 0.370 e. The zero-order valence-electron chi connectivity index (χ0n) is 36.1. The maximum Gasteiger partial charge on any atom is 0.243 e. The number of nitrogens with two attached hydrogens (primary N) is 3.